The summed E-state index contributed by atoms with van der Waals surface area (Å²) in [6.45, 7) is 6.05. The van der Waals surface area contributed by atoms with Crippen LogP contribution in [0.15, 0.2) is 24.5 Å². The van der Waals surface area contributed by atoms with Crippen LogP contribution >= 0.6 is 0 Å². The van der Waals surface area contributed by atoms with Gasteiger partial charge in [-0.05, 0) is 44.7 Å². The van der Waals surface area contributed by atoms with E-state index in [4.69, 9.17) is 0 Å². The third-order valence-corrected chi connectivity index (χ3v) is 4.79. The SMILES string of the molecule is CC1(C)CN(C(=O)C2CC2)CCN1C(=O)CCc1cccnc1. The van der Waals surface area contributed by atoms with Gasteiger partial charge in [-0.3, -0.25) is 14.6 Å². The number of amides is 2. The Hall–Kier alpha value is -1.91. The van der Waals surface area contributed by atoms with E-state index in [2.05, 4.69) is 18.8 Å². The molecule has 1 saturated heterocycles. The molecule has 2 fully saturated rings. The van der Waals surface area contributed by atoms with Crippen molar-refractivity contribution in [2.75, 3.05) is 19.6 Å². The van der Waals surface area contributed by atoms with E-state index in [0.717, 1.165) is 18.4 Å². The Balaban J connectivity index is 1.57. The van der Waals surface area contributed by atoms with E-state index in [1.165, 1.54) is 0 Å². The summed E-state index contributed by atoms with van der Waals surface area (Å²) in [5.41, 5.74) is 0.788. The van der Waals surface area contributed by atoms with Crippen LogP contribution in [0.2, 0.25) is 0 Å². The van der Waals surface area contributed by atoms with Gasteiger partial charge in [0.1, 0.15) is 0 Å². The first kappa shape index (κ1) is 16.0. The highest BCUT2D eigenvalue weighted by Gasteiger charge is 2.41. The average Bonchev–Trinajstić information content (AvgIpc) is 3.37. The van der Waals surface area contributed by atoms with Gasteiger partial charge >= 0.3 is 0 Å². The van der Waals surface area contributed by atoms with Crippen LogP contribution in [-0.2, 0) is 16.0 Å². The van der Waals surface area contributed by atoms with Crippen LogP contribution in [0.3, 0.4) is 0 Å². The number of piperazine rings is 1. The minimum Gasteiger partial charge on any atom is -0.338 e. The summed E-state index contributed by atoms with van der Waals surface area (Å²) in [7, 11) is 0. The standard InChI is InChI=1S/C18H25N3O2/c1-18(2)13-20(17(23)15-6-7-15)10-11-21(18)16(22)8-5-14-4-3-9-19-12-14/h3-4,9,12,15H,5-8,10-11,13H2,1-2H3. The second-order valence-electron chi connectivity index (χ2n) is 7.25. The first-order valence-corrected chi connectivity index (χ1v) is 8.45. The molecule has 5 nitrogen and oxygen atoms in total. The molecule has 0 atom stereocenters. The van der Waals surface area contributed by atoms with E-state index in [1.54, 1.807) is 6.20 Å². The lowest BCUT2D eigenvalue weighted by molar-refractivity contribution is -0.148. The second kappa shape index (κ2) is 6.30. The Morgan fingerprint density at radius 1 is 1.30 bits per heavy atom. The van der Waals surface area contributed by atoms with Gasteiger partial charge in [0.2, 0.25) is 11.8 Å². The third kappa shape index (κ3) is 3.71. The molecule has 1 saturated carbocycles. The molecule has 0 N–H and O–H groups in total. The Morgan fingerprint density at radius 2 is 2.09 bits per heavy atom. The number of aromatic nitrogens is 1. The van der Waals surface area contributed by atoms with Crippen molar-refractivity contribution in [3.8, 4) is 0 Å². The van der Waals surface area contributed by atoms with Crippen molar-refractivity contribution in [1.29, 1.82) is 0 Å². The lowest BCUT2D eigenvalue weighted by atomic mass is 9.97. The summed E-state index contributed by atoms with van der Waals surface area (Å²) in [5.74, 6) is 0.691. The maximum atomic E-state index is 12.6. The molecule has 2 heterocycles. The fraction of sp³-hybridized carbons (Fsp3) is 0.611. The zero-order valence-corrected chi connectivity index (χ0v) is 14.0. The van der Waals surface area contributed by atoms with Gasteiger partial charge in [-0.15, -0.1) is 0 Å². The molecule has 1 aliphatic carbocycles. The van der Waals surface area contributed by atoms with Crippen molar-refractivity contribution in [3.05, 3.63) is 30.1 Å². The smallest absolute Gasteiger partial charge is 0.225 e. The van der Waals surface area contributed by atoms with E-state index >= 15 is 0 Å². The van der Waals surface area contributed by atoms with Crippen LogP contribution in [0, 0.1) is 5.92 Å². The van der Waals surface area contributed by atoms with E-state index in [-0.39, 0.29) is 23.3 Å². The van der Waals surface area contributed by atoms with Crippen LogP contribution in [0.5, 0.6) is 0 Å². The predicted octanol–water partition coefficient (Wildman–Crippen LogP) is 1.87. The quantitative estimate of drug-likeness (QED) is 0.852. The number of rotatable bonds is 4. The Kier molecular flexibility index (Phi) is 4.37. The normalized spacial score (nSPS) is 20.4. The summed E-state index contributed by atoms with van der Waals surface area (Å²) >= 11 is 0. The molecule has 5 heteroatoms. The topological polar surface area (TPSA) is 53.5 Å². The van der Waals surface area contributed by atoms with E-state index in [0.29, 0.717) is 32.5 Å². The molecule has 124 valence electrons. The molecule has 0 radical (unpaired) electrons. The maximum Gasteiger partial charge on any atom is 0.225 e. The first-order chi connectivity index (χ1) is 11.0. The molecular formula is C18H25N3O2. The lowest BCUT2D eigenvalue weighted by Gasteiger charge is -2.47. The maximum absolute atomic E-state index is 12.6. The Labute approximate surface area is 137 Å². The number of hydrogen-bond acceptors (Lipinski definition) is 3. The highest BCUT2D eigenvalue weighted by atomic mass is 16.2. The first-order valence-electron chi connectivity index (χ1n) is 8.45. The minimum absolute atomic E-state index is 0.164. The van der Waals surface area contributed by atoms with Gasteiger partial charge in [-0.1, -0.05) is 6.07 Å². The van der Waals surface area contributed by atoms with Crippen molar-refractivity contribution in [2.24, 2.45) is 5.92 Å². The molecule has 23 heavy (non-hydrogen) atoms. The number of carbonyl (C=O) groups excluding carboxylic acids is 2. The Bertz CT molecular complexity index is 581. The summed E-state index contributed by atoms with van der Waals surface area (Å²) in [4.78, 5) is 32.8. The van der Waals surface area contributed by atoms with Crippen molar-refractivity contribution in [1.82, 2.24) is 14.8 Å². The molecule has 0 bridgehead atoms. The van der Waals surface area contributed by atoms with E-state index in [9.17, 15) is 9.59 Å². The highest BCUT2D eigenvalue weighted by Crippen LogP contribution is 2.33. The molecule has 1 aromatic rings. The van der Waals surface area contributed by atoms with Crippen molar-refractivity contribution in [2.45, 2.75) is 45.1 Å². The fourth-order valence-corrected chi connectivity index (χ4v) is 3.33. The van der Waals surface area contributed by atoms with Gasteiger partial charge in [-0.2, -0.15) is 0 Å². The van der Waals surface area contributed by atoms with Gasteiger partial charge in [0.15, 0.2) is 0 Å². The summed E-state index contributed by atoms with van der Waals surface area (Å²) in [6.07, 6.45) is 6.82. The average molecular weight is 315 g/mol. The molecule has 0 spiro atoms. The molecule has 3 rings (SSSR count). The van der Waals surface area contributed by atoms with Gasteiger partial charge in [0, 0.05) is 44.4 Å². The number of hydrogen-bond donors (Lipinski definition) is 0. The summed E-state index contributed by atoms with van der Waals surface area (Å²) in [6, 6.07) is 3.89. The van der Waals surface area contributed by atoms with E-state index in [1.807, 2.05) is 28.1 Å². The van der Waals surface area contributed by atoms with Crippen molar-refractivity contribution >= 4 is 11.8 Å². The highest BCUT2D eigenvalue weighted by molar-refractivity contribution is 5.82. The molecule has 2 amide bonds. The largest absolute Gasteiger partial charge is 0.338 e. The van der Waals surface area contributed by atoms with Crippen molar-refractivity contribution < 1.29 is 9.59 Å². The van der Waals surface area contributed by atoms with Crippen LogP contribution < -0.4 is 0 Å². The second-order valence-corrected chi connectivity index (χ2v) is 7.25. The van der Waals surface area contributed by atoms with Crippen molar-refractivity contribution in [3.63, 3.8) is 0 Å². The molecule has 0 aromatic carbocycles. The monoisotopic (exact) mass is 315 g/mol. The fourth-order valence-electron chi connectivity index (χ4n) is 3.33. The third-order valence-electron chi connectivity index (χ3n) is 4.79. The molecular weight excluding hydrogens is 290 g/mol. The summed E-state index contributed by atoms with van der Waals surface area (Å²) < 4.78 is 0. The van der Waals surface area contributed by atoms with Gasteiger partial charge in [0.25, 0.3) is 0 Å². The number of carbonyl (C=O) groups is 2. The predicted molar refractivity (Wildman–Crippen MR) is 87.7 cm³/mol. The van der Waals surface area contributed by atoms with Gasteiger partial charge in [-0.25, -0.2) is 0 Å². The molecule has 1 aliphatic heterocycles. The number of aryl methyl sites for hydroxylation is 1. The summed E-state index contributed by atoms with van der Waals surface area (Å²) in [5, 5.41) is 0. The molecule has 0 unspecified atom stereocenters. The Morgan fingerprint density at radius 3 is 2.70 bits per heavy atom. The molecule has 2 aliphatic rings. The lowest BCUT2D eigenvalue weighted by Crippen LogP contribution is -2.62. The van der Waals surface area contributed by atoms with Crippen LogP contribution in [0.4, 0.5) is 0 Å². The van der Waals surface area contributed by atoms with Crippen LogP contribution in [-0.4, -0.2) is 51.8 Å². The number of nitrogens with zero attached hydrogens (tertiary/aromatic N) is 3. The zero-order chi connectivity index (χ0) is 16.4. The number of pyridine rings is 1. The zero-order valence-electron chi connectivity index (χ0n) is 14.0. The van der Waals surface area contributed by atoms with Crippen LogP contribution in [0.25, 0.3) is 0 Å². The van der Waals surface area contributed by atoms with Gasteiger partial charge in [0.05, 0.1) is 5.54 Å². The molecule has 1 aromatic heterocycles. The van der Waals surface area contributed by atoms with E-state index < -0.39 is 0 Å². The van der Waals surface area contributed by atoms with Gasteiger partial charge < -0.3 is 9.80 Å². The minimum atomic E-state index is -0.297. The van der Waals surface area contributed by atoms with Crippen LogP contribution in [0.1, 0.15) is 38.7 Å².